The summed E-state index contributed by atoms with van der Waals surface area (Å²) in [5, 5.41) is 14.8. The van der Waals surface area contributed by atoms with Gasteiger partial charge < -0.3 is 16.0 Å². The van der Waals surface area contributed by atoms with Crippen LogP contribution in [0.25, 0.3) is 16.9 Å². The van der Waals surface area contributed by atoms with Crippen LogP contribution in [-0.4, -0.2) is 33.7 Å². The van der Waals surface area contributed by atoms with Crippen molar-refractivity contribution >= 4 is 56.6 Å². The molecule has 0 aliphatic heterocycles. The molecule has 0 aliphatic rings. The molecule has 2 aromatic carbocycles. The summed E-state index contributed by atoms with van der Waals surface area (Å²) in [6.45, 7) is 1.67. The highest BCUT2D eigenvalue weighted by Gasteiger charge is 2.13. The first-order chi connectivity index (χ1) is 16.5. The summed E-state index contributed by atoms with van der Waals surface area (Å²) < 4.78 is 2.56. The number of unbranched alkanes of at least 4 members (excludes halogenated alkanes) is 1. The fourth-order valence-corrected chi connectivity index (χ4v) is 4.20. The molecule has 0 spiro atoms. The Morgan fingerprint density at radius 3 is 2.50 bits per heavy atom. The van der Waals surface area contributed by atoms with E-state index in [9.17, 15) is 4.79 Å². The molecule has 176 valence electrons. The van der Waals surface area contributed by atoms with Crippen molar-refractivity contribution in [1.82, 2.24) is 25.2 Å². The Kier molecular flexibility index (Phi) is 8.26. The van der Waals surface area contributed by atoms with Crippen LogP contribution in [0.3, 0.4) is 0 Å². The van der Waals surface area contributed by atoms with Gasteiger partial charge in [0.15, 0.2) is 5.65 Å². The van der Waals surface area contributed by atoms with E-state index in [4.69, 9.17) is 28.2 Å². The van der Waals surface area contributed by atoms with Crippen LogP contribution < -0.4 is 16.0 Å². The number of carbonyl (C=O) groups is 1. The Hall–Kier alpha value is -2.81. The molecule has 7 nitrogen and oxygen atoms in total. The van der Waals surface area contributed by atoms with Crippen LogP contribution in [-0.2, 0) is 6.54 Å². The molecule has 0 radical (unpaired) electrons. The molecule has 0 unspecified atom stereocenters. The summed E-state index contributed by atoms with van der Waals surface area (Å²) in [7, 11) is 0. The van der Waals surface area contributed by atoms with Crippen LogP contribution >= 0.6 is 39.1 Å². The molecule has 2 heterocycles. The van der Waals surface area contributed by atoms with E-state index in [-0.39, 0.29) is 6.03 Å². The average molecular weight is 562 g/mol. The minimum absolute atomic E-state index is 0.213. The van der Waals surface area contributed by atoms with E-state index in [1.165, 1.54) is 0 Å². The second-order valence-electron chi connectivity index (χ2n) is 7.57. The van der Waals surface area contributed by atoms with E-state index >= 15 is 0 Å². The van der Waals surface area contributed by atoms with Gasteiger partial charge >= 0.3 is 6.03 Å². The maximum absolute atomic E-state index is 12.0. The first-order valence-corrected chi connectivity index (χ1v) is 12.4. The lowest BCUT2D eigenvalue weighted by Gasteiger charge is -2.12. The molecular formula is C24H23BrCl2N6O. The van der Waals surface area contributed by atoms with E-state index in [0.717, 1.165) is 40.0 Å². The summed E-state index contributed by atoms with van der Waals surface area (Å²) in [4.78, 5) is 16.7. The largest absolute Gasteiger partial charge is 0.370 e. The van der Waals surface area contributed by atoms with Gasteiger partial charge in [0.05, 0.1) is 16.4 Å². The molecule has 34 heavy (non-hydrogen) atoms. The zero-order valence-electron chi connectivity index (χ0n) is 18.2. The molecule has 2 aromatic heterocycles. The number of fused-ring (bicyclic) bond motifs is 1. The van der Waals surface area contributed by atoms with Gasteiger partial charge in [0.25, 0.3) is 0 Å². The molecule has 0 bridgehead atoms. The Morgan fingerprint density at radius 1 is 0.971 bits per heavy atom. The monoisotopic (exact) mass is 560 g/mol. The van der Waals surface area contributed by atoms with Crippen molar-refractivity contribution in [2.45, 2.75) is 19.4 Å². The van der Waals surface area contributed by atoms with Crippen LogP contribution in [0.4, 0.5) is 10.6 Å². The minimum Gasteiger partial charge on any atom is -0.370 e. The summed E-state index contributed by atoms with van der Waals surface area (Å²) in [6, 6.07) is 16.8. The first kappa shape index (κ1) is 24.3. The number of nitrogens with one attached hydrogen (secondary N) is 3. The van der Waals surface area contributed by atoms with E-state index in [2.05, 4.69) is 37.0 Å². The number of nitrogens with zero attached hydrogens (tertiary/aromatic N) is 3. The van der Waals surface area contributed by atoms with E-state index in [1.54, 1.807) is 16.8 Å². The molecular weight excluding hydrogens is 539 g/mol. The second-order valence-corrected chi connectivity index (χ2v) is 9.24. The predicted octanol–water partition coefficient (Wildman–Crippen LogP) is 6.16. The number of hydrogen-bond donors (Lipinski definition) is 3. The highest BCUT2D eigenvalue weighted by Crippen LogP contribution is 2.30. The van der Waals surface area contributed by atoms with Crippen molar-refractivity contribution in [1.29, 1.82) is 0 Å². The highest BCUT2D eigenvalue weighted by molar-refractivity contribution is 9.10. The number of halogens is 3. The predicted molar refractivity (Wildman–Crippen MR) is 141 cm³/mol. The van der Waals surface area contributed by atoms with Gasteiger partial charge in [0, 0.05) is 41.3 Å². The van der Waals surface area contributed by atoms with Crippen LogP contribution in [0.1, 0.15) is 18.4 Å². The number of aromatic nitrogens is 3. The van der Waals surface area contributed by atoms with Crippen molar-refractivity contribution in [3.8, 4) is 11.3 Å². The van der Waals surface area contributed by atoms with Crippen LogP contribution in [0.15, 0.2) is 65.3 Å². The molecule has 10 heteroatoms. The lowest BCUT2D eigenvalue weighted by Crippen LogP contribution is -2.35. The minimum atomic E-state index is -0.213. The fourth-order valence-electron chi connectivity index (χ4n) is 3.42. The molecule has 4 rings (SSSR count). The first-order valence-electron chi connectivity index (χ1n) is 10.8. The zero-order chi connectivity index (χ0) is 23.9. The molecule has 4 aromatic rings. The normalized spacial score (nSPS) is 10.9. The number of urea groups is 1. The van der Waals surface area contributed by atoms with Crippen molar-refractivity contribution < 1.29 is 4.79 Å². The third kappa shape index (κ3) is 6.00. The van der Waals surface area contributed by atoms with Gasteiger partial charge in [-0.05, 0) is 46.5 Å². The van der Waals surface area contributed by atoms with E-state index in [0.29, 0.717) is 35.3 Å². The van der Waals surface area contributed by atoms with Crippen LogP contribution in [0.5, 0.6) is 0 Å². The number of carbonyl (C=O) groups excluding carboxylic acids is 1. The van der Waals surface area contributed by atoms with Gasteiger partial charge in [-0.15, -0.1) is 0 Å². The summed E-state index contributed by atoms with van der Waals surface area (Å²) in [6.07, 6.45) is 3.40. The summed E-state index contributed by atoms with van der Waals surface area (Å²) >= 11 is 16.0. The summed E-state index contributed by atoms with van der Waals surface area (Å²) in [5.74, 6) is 0.816. The third-order valence-corrected chi connectivity index (χ3v) is 6.43. The van der Waals surface area contributed by atoms with Crippen LogP contribution in [0.2, 0.25) is 10.0 Å². The maximum atomic E-state index is 12.0. The number of anilines is 1. The third-order valence-electron chi connectivity index (χ3n) is 5.17. The highest BCUT2D eigenvalue weighted by atomic mass is 79.9. The lowest BCUT2D eigenvalue weighted by molar-refractivity contribution is 0.240. The Balaban J connectivity index is 1.28. The van der Waals surface area contributed by atoms with Crippen molar-refractivity contribution in [3.05, 3.63) is 80.9 Å². The van der Waals surface area contributed by atoms with Crippen molar-refractivity contribution in [2.75, 3.05) is 18.4 Å². The van der Waals surface area contributed by atoms with Gasteiger partial charge in [-0.1, -0.05) is 59.6 Å². The maximum Gasteiger partial charge on any atom is 0.315 e. The van der Waals surface area contributed by atoms with Gasteiger partial charge in [-0.25, -0.2) is 9.78 Å². The molecule has 0 fully saturated rings. The quantitative estimate of drug-likeness (QED) is 0.214. The molecule has 2 amide bonds. The molecule has 0 saturated heterocycles. The standard InChI is InChI=1S/C24H23BrCl2N6O/c25-18-15-31-33-22(13-21(32-23(18)33)17-8-2-4-10-20(17)27)28-11-5-6-12-29-24(34)30-14-16-7-1-3-9-19(16)26/h1-4,7-10,13,15,28H,5-6,11-12,14H2,(H2,29,30,34). The van der Waals surface area contributed by atoms with Crippen LogP contribution in [0, 0.1) is 0 Å². The Labute approximate surface area is 216 Å². The number of rotatable bonds is 9. The molecule has 0 atom stereocenters. The van der Waals surface area contributed by atoms with Gasteiger partial charge in [0.1, 0.15) is 5.82 Å². The lowest BCUT2D eigenvalue weighted by atomic mass is 10.1. The number of amides is 2. The Bertz CT molecular complexity index is 1300. The van der Waals surface area contributed by atoms with Crippen molar-refractivity contribution in [2.24, 2.45) is 0 Å². The van der Waals surface area contributed by atoms with E-state index < -0.39 is 0 Å². The van der Waals surface area contributed by atoms with E-state index in [1.807, 2.05) is 48.5 Å². The van der Waals surface area contributed by atoms with Crippen molar-refractivity contribution in [3.63, 3.8) is 0 Å². The Morgan fingerprint density at radius 2 is 1.71 bits per heavy atom. The number of benzene rings is 2. The summed E-state index contributed by atoms with van der Waals surface area (Å²) in [5.41, 5.74) is 3.21. The van der Waals surface area contributed by atoms with Gasteiger partial charge in [0.2, 0.25) is 0 Å². The number of hydrogen-bond acceptors (Lipinski definition) is 4. The average Bonchev–Trinajstić information content (AvgIpc) is 3.21. The smallest absolute Gasteiger partial charge is 0.315 e. The van der Waals surface area contributed by atoms with Gasteiger partial charge in [-0.3, -0.25) is 0 Å². The molecule has 3 N–H and O–H groups in total. The SMILES string of the molecule is O=C(NCCCCNc1cc(-c2ccccc2Cl)nc2c(Br)cnn12)NCc1ccccc1Cl. The second kappa shape index (κ2) is 11.6. The molecule has 0 aliphatic carbocycles. The fraction of sp³-hybridized carbons (Fsp3) is 0.208. The zero-order valence-corrected chi connectivity index (χ0v) is 21.3. The van der Waals surface area contributed by atoms with Gasteiger partial charge in [-0.2, -0.15) is 9.61 Å². The topological polar surface area (TPSA) is 83.3 Å². The molecule has 0 saturated carbocycles.